The average Bonchev–Trinajstić information content (AvgIpc) is 3.21. The van der Waals surface area contributed by atoms with E-state index in [1.807, 2.05) is 31.0 Å². The lowest BCUT2D eigenvalue weighted by Crippen LogP contribution is -2.42. The summed E-state index contributed by atoms with van der Waals surface area (Å²) in [5.74, 6) is 1.43. The number of piperidine rings is 1. The average molecular weight is 368 g/mol. The molecule has 3 aromatic heterocycles. The number of aromatic nitrogens is 3. The third-order valence-corrected chi connectivity index (χ3v) is 5.45. The van der Waals surface area contributed by atoms with Crippen LogP contribution in [0.15, 0.2) is 27.7 Å². The quantitative estimate of drug-likeness (QED) is 0.697. The molecule has 142 valence electrons. The van der Waals surface area contributed by atoms with E-state index in [4.69, 9.17) is 4.42 Å². The molecular weight excluding hydrogens is 344 g/mol. The lowest BCUT2D eigenvalue weighted by Gasteiger charge is -2.32. The second-order valence-electron chi connectivity index (χ2n) is 7.41. The summed E-state index contributed by atoms with van der Waals surface area (Å²) in [4.78, 5) is 32.0. The number of carbonyl (C=O) groups excluding carboxylic acids is 1. The monoisotopic (exact) mass is 368 g/mol. The molecule has 1 saturated heterocycles. The van der Waals surface area contributed by atoms with Gasteiger partial charge in [-0.2, -0.15) is 0 Å². The molecule has 3 aromatic rings. The number of furan rings is 1. The predicted molar refractivity (Wildman–Crippen MR) is 102 cm³/mol. The molecule has 0 saturated carbocycles. The standard InChI is InChI=1S/C20H24N4O3/c1-12-7-5-6-8-24(12)19(25)16-10-23-11-17(15-9-13(2)27-14(15)3)22(4)20(26)18(23)21-16/h9-12H,5-8H2,1-4H3/t12-/m1/s1. The van der Waals surface area contributed by atoms with Crippen LogP contribution in [-0.2, 0) is 7.05 Å². The topological polar surface area (TPSA) is 72.8 Å². The van der Waals surface area contributed by atoms with E-state index < -0.39 is 0 Å². The Morgan fingerprint density at radius 2 is 2.04 bits per heavy atom. The van der Waals surface area contributed by atoms with Crippen LogP contribution in [0.25, 0.3) is 16.9 Å². The highest BCUT2D eigenvalue weighted by Crippen LogP contribution is 2.26. The van der Waals surface area contributed by atoms with Crippen LogP contribution in [0.3, 0.4) is 0 Å². The number of rotatable bonds is 2. The van der Waals surface area contributed by atoms with Crippen LogP contribution in [-0.4, -0.2) is 37.3 Å². The van der Waals surface area contributed by atoms with Crippen molar-refractivity contribution < 1.29 is 9.21 Å². The Bertz CT molecular complexity index is 1090. The summed E-state index contributed by atoms with van der Waals surface area (Å²) in [5.41, 5.74) is 1.92. The summed E-state index contributed by atoms with van der Waals surface area (Å²) >= 11 is 0. The highest BCUT2D eigenvalue weighted by molar-refractivity contribution is 5.93. The van der Waals surface area contributed by atoms with Gasteiger partial charge in [-0.05, 0) is 46.1 Å². The molecule has 0 bridgehead atoms. The minimum atomic E-state index is -0.239. The molecule has 0 radical (unpaired) electrons. The maximum atomic E-state index is 12.9. The molecule has 1 aliphatic heterocycles. The van der Waals surface area contributed by atoms with E-state index >= 15 is 0 Å². The van der Waals surface area contributed by atoms with Gasteiger partial charge in [0.15, 0.2) is 0 Å². The van der Waals surface area contributed by atoms with Gasteiger partial charge < -0.3 is 13.9 Å². The second kappa shape index (κ2) is 6.40. The zero-order chi connectivity index (χ0) is 19.3. The number of nitrogens with zero attached hydrogens (tertiary/aromatic N) is 4. The Balaban J connectivity index is 1.81. The number of fused-ring (bicyclic) bond motifs is 1. The highest BCUT2D eigenvalue weighted by atomic mass is 16.3. The van der Waals surface area contributed by atoms with Gasteiger partial charge in [-0.3, -0.25) is 14.0 Å². The van der Waals surface area contributed by atoms with Gasteiger partial charge in [0.05, 0.1) is 5.69 Å². The van der Waals surface area contributed by atoms with Crippen molar-refractivity contribution in [3.63, 3.8) is 0 Å². The summed E-state index contributed by atoms with van der Waals surface area (Å²) in [6.45, 7) is 6.55. The van der Waals surface area contributed by atoms with Crippen molar-refractivity contribution in [3.8, 4) is 11.3 Å². The van der Waals surface area contributed by atoms with E-state index in [2.05, 4.69) is 11.9 Å². The predicted octanol–water partition coefficient (Wildman–Crippen LogP) is 2.92. The van der Waals surface area contributed by atoms with Gasteiger partial charge in [0.25, 0.3) is 11.5 Å². The number of hydrogen-bond donors (Lipinski definition) is 0. The van der Waals surface area contributed by atoms with Crippen LogP contribution in [0, 0.1) is 13.8 Å². The lowest BCUT2D eigenvalue weighted by atomic mass is 10.0. The Labute approximate surface area is 157 Å². The van der Waals surface area contributed by atoms with E-state index in [1.165, 1.54) is 0 Å². The molecular formula is C20H24N4O3. The molecule has 1 atom stereocenters. The Morgan fingerprint density at radius 3 is 2.70 bits per heavy atom. The minimum Gasteiger partial charge on any atom is -0.466 e. The number of likely N-dealkylation sites (tertiary alicyclic amines) is 1. The molecule has 7 heteroatoms. The van der Waals surface area contributed by atoms with Crippen LogP contribution in [0.5, 0.6) is 0 Å². The fourth-order valence-corrected chi connectivity index (χ4v) is 3.91. The molecule has 1 amide bonds. The van der Waals surface area contributed by atoms with E-state index in [1.54, 1.807) is 22.2 Å². The first-order chi connectivity index (χ1) is 12.9. The summed E-state index contributed by atoms with van der Waals surface area (Å²) in [6, 6.07) is 2.11. The zero-order valence-electron chi connectivity index (χ0n) is 16.2. The molecule has 1 aliphatic rings. The summed E-state index contributed by atoms with van der Waals surface area (Å²) in [7, 11) is 1.71. The summed E-state index contributed by atoms with van der Waals surface area (Å²) in [5, 5.41) is 0. The molecule has 0 N–H and O–H groups in total. The summed E-state index contributed by atoms with van der Waals surface area (Å²) in [6.07, 6.45) is 6.64. The SMILES string of the molecule is Cc1cc(-c2cn3cc(C(=O)N4CCCC[C@H]4C)nc3c(=O)n2C)c(C)o1. The lowest BCUT2D eigenvalue weighted by molar-refractivity contribution is 0.0630. The number of imidazole rings is 1. The van der Waals surface area contributed by atoms with Crippen LogP contribution in [0.1, 0.15) is 48.2 Å². The van der Waals surface area contributed by atoms with Crippen molar-refractivity contribution in [3.05, 3.63) is 46.0 Å². The second-order valence-corrected chi connectivity index (χ2v) is 7.41. The molecule has 7 nitrogen and oxygen atoms in total. The Kier molecular flexibility index (Phi) is 4.17. The third-order valence-electron chi connectivity index (χ3n) is 5.45. The molecule has 0 aliphatic carbocycles. The maximum absolute atomic E-state index is 12.9. The van der Waals surface area contributed by atoms with Crippen molar-refractivity contribution in [1.82, 2.24) is 18.9 Å². The smallest absolute Gasteiger partial charge is 0.294 e. The fraction of sp³-hybridized carbons (Fsp3) is 0.450. The van der Waals surface area contributed by atoms with Gasteiger partial charge >= 0.3 is 0 Å². The first-order valence-corrected chi connectivity index (χ1v) is 9.34. The number of carbonyl (C=O) groups is 1. The molecule has 4 rings (SSSR count). The first-order valence-electron chi connectivity index (χ1n) is 9.34. The van der Waals surface area contributed by atoms with Gasteiger partial charge in [-0.1, -0.05) is 0 Å². The zero-order valence-corrected chi connectivity index (χ0v) is 16.2. The van der Waals surface area contributed by atoms with Crippen molar-refractivity contribution in [2.75, 3.05) is 6.54 Å². The van der Waals surface area contributed by atoms with E-state index in [0.29, 0.717) is 5.69 Å². The Hall–Kier alpha value is -2.83. The van der Waals surface area contributed by atoms with Crippen molar-refractivity contribution >= 4 is 11.6 Å². The number of amides is 1. The van der Waals surface area contributed by atoms with E-state index in [9.17, 15) is 9.59 Å². The van der Waals surface area contributed by atoms with Crippen molar-refractivity contribution in [2.24, 2.45) is 7.05 Å². The van der Waals surface area contributed by atoms with Crippen molar-refractivity contribution in [1.29, 1.82) is 0 Å². The van der Waals surface area contributed by atoms with Gasteiger partial charge in [0.2, 0.25) is 5.65 Å². The van der Waals surface area contributed by atoms with Crippen molar-refractivity contribution in [2.45, 2.75) is 46.1 Å². The molecule has 1 fully saturated rings. The van der Waals surface area contributed by atoms with Gasteiger partial charge in [-0.25, -0.2) is 4.98 Å². The molecule has 0 unspecified atom stereocenters. The highest BCUT2D eigenvalue weighted by Gasteiger charge is 2.26. The van der Waals surface area contributed by atoms with Gasteiger partial charge in [-0.15, -0.1) is 0 Å². The third kappa shape index (κ3) is 2.87. The molecule has 27 heavy (non-hydrogen) atoms. The van der Waals surface area contributed by atoms with Crippen LogP contribution in [0.2, 0.25) is 0 Å². The molecule has 4 heterocycles. The summed E-state index contributed by atoms with van der Waals surface area (Å²) < 4.78 is 8.82. The van der Waals surface area contributed by atoms with Crippen LogP contribution >= 0.6 is 0 Å². The maximum Gasteiger partial charge on any atom is 0.294 e. The molecule has 0 spiro atoms. The number of aryl methyl sites for hydroxylation is 2. The Morgan fingerprint density at radius 1 is 1.26 bits per heavy atom. The van der Waals surface area contributed by atoms with Gasteiger partial charge in [0.1, 0.15) is 17.2 Å². The minimum absolute atomic E-state index is 0.107. The van der Waals surface area contributed by atoms with Gasteiger partial charge in [0, 0.05) is 37.6 Å². The first kappa shape index (κ1) is 17.6. The van der Waals surface area contributed by atoms with Crippen LogP contribution < -0.4 is 5.56 Å². The van der Waals surface area contributed by atoms with E-state index in [0.717, 1.165) is 48.6 Å². The van der Waals surface area contributed by atoms with Crippen LogP contribution in [0.4, 0.5) is 0 Å². The molecule has 0 aromatic carbocycles. The number of hydrogen-bond acceptors (Lipinski definition) is 4. The normalized spacial score (nSPS) is 17.6. The largest absolute Gasteiger partial charge is 0.466 e. The fourth-order valence-electron chi connectivity index (χ4n) is 3.91. The van der Waals surface area contributed by atoms with E-state index in [-0.39, 0.29) is 23.2 Å².